The fourth-order valence-corrected chi connectivity index (χ4v) is 4.34. The molecule has 2 aliphatic heterocycles. The number of para-hydroxylation sites is 2. The van der Waals surface area contributed by atoms with Gasteiger partial charge in [-0.15, -0.1) is 0 Å². The maximum Gasteiger partial charge on any atom is 0.419 e. The summed E-state index contributed by atoms with van der Waals surface area (Å²) in [6.45, 7) is 2.19. The molecule has 1 aromatic heterocycles. The van der Waals surface area contributed by atoms with Gasteiger partial charge in [-0.1, -0.05) is 23.7 Å². The first-order chi connectivity index (χ1) is 16.0. The first kappa shape index (κ1) is 21.5. The van der Waals surface area contributed by atoms with Crippen LogP contribution in [0.1, 0.15) is 6.42 Å². The van der Waals surface area contributed by atoms with Gasteiger partial charge in [-0.2, -0.15) is 0 Å². The topological polar surface area (TPSA) is 94.2 Å². The van der Waals surface area contributed by atoms with E-state index >= 15 is 0 Å². The standard InChI is InChI=1S/C23H22ClN3O6/c24-15-5-6-17-19(13-15)33-23(30)26(17)8-7-21(28)27-14-20(22(29)25-9-11-31-12-10-25)32-18-4-2-1-3-16(18)27/h1-6,13,20H,7-12,14H2/t20-/m0/s1. The summed E-state index contributed by atoms with van der Waals surface area (Å²) >= 11 is 5.97. The van der Waals surface area contributed by atoms with Crippen LogP contribution in [0.15, 0.2) is 51.7 Å². The minimum atomic E-state index is -0.804. The van der Waals surface area contributed by atoms with E-state index in [2.05, 4.69) is 0 Å². The van der Waals surface area contributed by atoms with Crippen molar-refractivity contribution in [2.45, 2.75) is 19.1 Å². The van der Waals surface area contributed by atoms with Crippen LogP contribution < -0.4 is 15.4 Å². The van der Waals surface area contributed by atoms with E-state index in [1.54, 1.807) is 46.2 Å². The van der Waals surface area contributed by atoms with Crippen molar-refractivity contribution < 1.29 is 23.5 Å². The number of aromatic nitrogens is 1. The summed E-state index contributed by atoms with van der Waals surface area (Å²) in [7, 11) is 0. The Kier molecular flexibility index (Phi) is 5.82. The molecule has 3 heterocycles. The van der Waals surface area contributed by atoms with Gasteiger partial charge in [0, 0.05) is 37.1 Å². The second kappa shape index (κ2) is 8.92. The third kappa shape index (κ3) is 4.21. The highest BCUT2D eigenvalue weighted by atomic mass is 35.5. The first-order valence-electron chi connectivity index (χ1n) is 10.7. The van der Waals surface area contributed by atoms with Gasteiger partial charge in [0.2, 0.25) is 5.91 Å². The van der Waals surface area contributed by atoms with Crippen LogP contribution in [0.3, 0.4) is 0 Å². The highest BCUT2D eigenvalue weighted by molar-refractivity contribution is 6.31. The lowest BCUT2D eigenvalue weighted by atomic mass is 10.1. The molecule has 0 saturated carbocycles. The van der Waals surface area contributed by atoms with Crippen molar-refractivity contribution in [3.05, 3.63) is 58.0 Å². The number of hydrogen-bond donors (Lipinski definition) is 0. The van der Waals surface area contributed by atoms with Gasteiger partial charge in [-0.3, -0.25) is 14.2 Å². The summed E-state index contributed by atoms with van der Waals surface area (Å²) in [6.07, 6.45) is -0.759. The van der Waals surface area contributed by atoms with Crippen LogP contribution in [0.2, 0.25) is 5.02 Å². The van der Waals surface area contributed by atoms with E-state index in [1.165, 1.54) is 4.57 Å². The number of oxazole rings is 1. The lowest BCUT2D eigenvalue weighted by Gasteiger charge is -2.37. The molecule has 1 saturated heterocycles. The molecule has 2 amide bonds. The van der Waals surface area contributed by atoms with Crippen LogP contribution in [-0.4, -0.2) is 60.2 Å². The number of carbonyl (C=O) groups excluding carboxylic acids is 2. The summed E-state index contributed by atoms with van der Waals surface area (Å²) in [4.78, 5) is 41.9. The molecule has 0 aliphatic carbocycles. The number of aryl methyl sites for hydroxylation is 1. The van der Waals surface area contributed by atoms with Crippen molar-refractivity contribution in [1.82, 2.24) is 9.47 Å². The van der Waals surface area contributed by atoms with Gasteiger partial charge >= 0.3 is 5.76 Å². The molecule has 9 nitrogen and oxygen atoms in total. The molecule has 10 heteroatoms. The van der Waals surface area contributed by atoms with E-state index in [0.29, 0.717) is 53.9 Å². The number of anilines is 1. The van der Waals surface area contributed by atoms with Crippen LogP contribution >= 0.6 is 11.6 Å². The molecular formula is C23H22ClN3O6. The molecule has 3 aromatic rings. The second-order valence-electron chi connectivity index (χ2n) is 7.90. The molecule has 0 spiro atoms. The Bertz CT molecular complexity index is 1260. The van der Waals surface area contributed by atoms with Crippen LogP contribution in [0.4, 0.5) is 5.69 Å². The quantitative estimate of drug-likeness (QED) is 0.579. The summed E-state index contributed by atoms with van der Waals surface area (Å²) in [5, 5.41) is 0.459. The van der Waals surface area contributed by atoms with Crippen LogP contribution in [-0.2, 0) is 20.9 Å². The van der Waals surface area contributed by atoms with Crippen LogP contribution in [0, 0.1) is 0 Å². The number of morpholine rings is 1. The average Bonchev–Trinajstić information content (AvgIpc) is 3.15. The number of carbonyl (C=O) groups is 2. The smallest absolute Gasteiger partial charge is 0.419 e. The van der Waals surface area contributed by atoms with Crippen molar-refractivity contribution in [2.75, 3.05) is 37.7 Å². The van der Waals surface area contributed by atoms with E-state index in [9.17, 15) is 14.4 Å². The van der Waals surface area contributed by atoms with Gasteiger partial charge < -0.3 is 23.7 Å². The van der Waals surface area contributed by atoms with Gasteiger partial charge in [0.05, 0.1) is 31.0 Å². The lowest BCUT2D eigenvalue weighted by Crippen LogP contribution is -2.54. The SMILES string of the molecule is O=C([C@@H]1CN(C(=O)CCn2c(=O)oc3cc(Cl)ccc32)c2ccccc2O1)N1CCOCC1. The number of benzene rings is 2. The highest BCUT2D eigenvalue weighted by Crippen LogP contribution is 2.34. The van der Waals surface area contributed by atoms with E-state index in [1.807, 2.05) is 6.07 Å². The first-order valence-corrected chi connectivity index (χ1v) is 11.1. The molecule has 2 aliphatic rings. The van der Waals surface area contributed by atoms with Gasteiger partial charge in [0.1, 0.15) is 5.75 Å². The second-order valence-corrected chi connectivity index (χ2v) is 8.33. The van der Waals surface area contributed by atoms with Crippen LogP contribution in [0.25, 0.3) is 11.1 Å². The molecular weight excluding hydrogens is 450 g/mol. The highest BCUT2D eigenvalue weighted by Gasteiger charge is 2.36. The molecule has 0 bridgehead atoms. The number of amides is 2. The third-order valence-corrected chi connectivity index (χ3v) is 6.09. The predicted octanol–water partition coefficient (Wildman–Crippen LogP) is 2.29. The van der Waals surface area contributed by atoms with Crippen molar-refractivity contribution in [3.63, 3.8) is 0 Å². The fourth-order valence-electron chi connectivity index (χ4n) is 4.18. The Balaban J connectivity index is 1.36. The number of halogens is 1. The van der Waals surface area contributed by atoms with Gasteiger partial charge in [0.15, 0.2) is 11.7 Å². The Labute approximate surface area is 194 Å². The summed E-state index contributed by atoms with van der Waals surface area (Å²) in [6, 6.07) is 12.0. The lowest BCUT2D eigenvalue weighted by molar-refractivity contribution is -0.142. The number of rotatable bonds is 4. The molecule has 172 valence electrons. The Morgan fingerprint density at radius 1 is 1.09 bits per heavy atom. The largest absolute Gasteiger partial charge is 0.476 e. The molecule has 0 N–H and O–H groups in total. The number of hydrogen-bond acceptors (Lipinski definition) is 6. The fraction of sp³-hybridized carbons (Fsp3) is 0.348. The summed E-state index contributed by atoms with van der Waals surface area (Å²) in [5.74, 6) is -0.465. The summed E-state index contributed by atoms with van der Waals surface area (Å²) < 4.78 is 17.9. The van der Waals surface area contributed by atoms with Crippen molar-refractivity contribution in [3.8, 4) is 5.75 Å². The monoisotopic (exact) mass is 471 g/mol. The molecule has 2 aromatic carbocycles. The minimum Gasteiger partial charge on any atom is -0.476 e. The van der Waals surface area contributed by atoms with Gasteiger partial charge in [0.25, 0.3) is 5.91 Å². The molecule has 0 unspecified atom stereocenters. The number of ether oxygens (including phenoxy) is 2. The van der Waals surface area contributed by atoms with Gasteiger partial charge in [-0.05, 0) is 24.3 Å². The van der Waals surface area contributed by atoms with E-state index in [0.717, 1.165) is 0 Å². The molecule has 33 heavy (non-hydrogen) atoms. The molecule has 1 fully saturated rings. The zero-order valence-electron chi connectivity index (χ0n) is 17.7. The maximum atomic E-state index is 13.3. The zero-order chi connectivity index (χ0) is 22.9. The van der Waals surface area contributed by atoms with Gasteiger partial charge in [-0.25, -0.2) is 4.79 Å². The Morgan fingerprint density at radius 2 is 1.88 bits per heavy atom. The van der Waals surface area contributed by atoms with Crippen LogP contribution in [0.5, 0.6) is 5.75 Å². The molecule has 1 atom stereocenters. The zero-order valence-corrected chi connectivity index (χ0v) is 18.5. The Morgan fingerprint density at radius 3 is 2.70 bits per heavy atom. The van der Waals surface area contributed by atoms with Crippen molar-refractivity contribution in [1.29, 1.82) is 0 Å². The maximum absolute atomic E-state index is 13.3. The van der Waals surface area contributed by atoms with E-state index in [4.69, 9.17) is 25.5 Å². The third-order valence-electron chi connectivity index (χ3n) is 5.85. The normalized spacial score (nSPS) is 18.2. The number of fused-ring (bicyclic) bond motifs is 2. The van der Waals surface area contributed by atoms with Crippen molar-refractivity contribution in [2.24, 2.45) is 0 Å². The summed E-state index contributed by atoms with van der Waals surface area (Å²) in [5.41, 5.74) is 1.54. The number of nitrogens with zero attached hydrogens (tertiary/aromatic N) is 3. The van der Waals surface area contributed by atoms with Crippen molar-refractivity contribution >= 4 is 40.2 Å². The Hall–Kier alpha value is -3.30. The molecule has 5 rings (SSSR count). The van der Waals surface area contributed by atoms with E-state index in [-0.39, 0.29) is 31.3 Å². The average molecular weight is 472 g/mol. The van der Waals surface area contributed by atoms with E-state index < -0.39 is 11.9 Å². The predicted molar refractivity (Wildman–Crippen MR) is 121 cm³/mol. The minimum absolute atomic E-state index is 0.0456. The molecule has 0 radical (unpaired) electrons.